The van der Waals surface area contributed by atoms with Crippen molar-refractivity contribution in [3.05, 3.63) is 83.1 Å². The number of amides is 3. The van der Waals surface area contributed by atoms with Crippen molar-refractivity contribution < 1.29 is 18.7 Å². The zero-order chi connectivity index (χ0) is 22.0. The van der Waals surface area contributed by atoms with Crippen molar-refractivity contribution in [2.75, 3.05) is 15.5 Å². The second kappa shape index (κ2) is 8.65. The summed E-state index contributed by atoms with van der Waals surface area (Å²) in [6, 6.07) is 17.5. The number of carbonyl (C=O) groups is 2. The van der Waals surface area contributed by atoms with Crippen LogP contribution in [-0.2, 0) is 11.3 Å². The number of ether oxygens (including phenoxy) is 1. The summed E-state index contributed by atoms with van der Waals surface area (Å²) in [5, 5.41) is 5.99. The van der Waals surface area contributed by atoms with Gasteiger partial charge in [-0.05, 0) is 55.5 Å². The first-order chi connectivity index (χ1) is 14.9. The van der Waals surface area contributed by atoms with Crippen LogP contribution in [0.5, 0.6) is 5.75 Å². The van der Waals surface area contributed by atoms with E-state index in [0.717, 1.165) is 0 Å². The predicted molar refractivity (Wildman–Crippen MR) is 118 cm³/mol. The van der Waals surface area contributed by atoms with Crippen LogP contribution in [0.15, 0.2) is 66.7 Å². The summed E-state index contributed by atoms with van der Waals surface area (Å²) in [5.41, 5.74) is 1.87. The summed E-state index contributed by atoms with van der Waals surface area (Å²) in [6.07, 6.45) is -0.703. The van der Waals surface area contributed by atoms with Gasteiger partial charge in [0.25, 0.3) is 5.91 Å². The maximum Gasteiger partial charge on any atom is 0.323 e. The van der Waals surface area contributed by atoms with Crippen molar-refractivity contribution in [2.24, 2.45) is 0 Å². The number of halogens is 2. The first-order valence-corrected chi connectivity index (χ1v) is 9.97. The Kier molecular flexibility index (Phi) is 5.77. The first-order valence-electron chi connectivity index (χ1n) is 9.60. The molecule has 4 rings (SSSR count). The smallest absolute Gasteiger partial charge is 0.323 e. The summed E-state index contributed by atoms with van der Waals surface area (Å²) < 4.78 is 19.9. The fourth-order valence-electron chi connectivity index (χ4n) is 3.27. The molecule has 0 aliphatic carbocycles. The Morgan fingerprint density at radius 3 is 2.48 bits per heavy atom. The second-order valence-corrected chi connectivity index (χ2v) is 7.48. The van der Waals surface area contributed by atoms with Crippen molar-refractivity contribution in [3.8, 4) is 5.75 Å². The highest BCUT2D eigenvalue weighted by Crippen LogP contribution is 2.37. The molecular weight excluding hydrogens is 421 g/mol. The zero-order valence-electron chi connectivity index (χ0n) is 16.6. The number of benzene rings is 3. The minimum atomic E-state index is -0.703. The number of fused-ring (bicyclic) bond motifs is 1. The van der Waals surface area contributed by atoms with Crippen molar-refractivity contribution in [1.29, 1.82) is 0 Å². The van der Waals surface area contributed by atoms with Crippen LogP contribution in [-0.4, -0.2) is 18.0 Å². The van der Waals surface area contributed by atoms with Crippen LogP contribution in [0.1, 0.15) is 12.5 Å². The molecule has 2 N–H and O–H groups in total. The lowest BCUT2D eigenvalue weighted by molar-refractivity contribution is -0.125. The Labute approximate surface area is 183 Å². The van der Waals surface area contributed by atoms with Crippen LogP contribution >= 0.6 is 11.6 Å². The second-order valence-electron chi connectivity index (χ2n) is 7.04. The van der Waals surface area contributed by atoms with Gasteiger partial charge in [-0.1, -0.05) is 29.8 Å². The lowest BCUT2D eigenvalue weighted by Gasteiger charge is -2.33. The molecule has 1 heterocycles. The number of nitrogens with zero attached hydrogens (tertiary/aromatic N) is 1. The summed E-state index contributed by atoms with van der Waals surface area (Å²) in [6.45, 7) is 1.69. The molecule has 0 saturated carbocycles. The lowest BCUT2D eigenvalue weighted by atomic mass is 10.1. The zero-order valence-corrected chi connectivity index (χ0v) is 17.3. The number of hydrogen-bond donors (Lipinski definition) is 2. The fourth-order valence-corrected chi connectivity index (χ4v) is 3.40. The van der Waals surface area contributed by atoms with E-state index < -0.39 is 18.0 Å². The molecule has 8 heteroatoms. The molecule has 3 amide bonds. The molecule has 31 heavy (non-hydrogen) atoms. The topological polar surface area (TPSA) is 70.7 Å². The molecule has 6 nitrogen and oxygen atoms in total. The third kappa shape index (κ3) is 4.62. The molecule has 0 saturated heterocycles. The minimum absolute atomic E-state index is 0.0482. The SMILES string of the molecule is CC1Oc2ccc(NC(=O)Nc3ccc(Cl)cc3)cc2N(Cc2ccccc2F)C1=O. The van der Waals surface area contributed by atoms with Crippen LogP contribution in [0, 0.1) is 5.82 Å². The maximum absolute atomic E-state index is 14.2. The largest absolute Gasteiger partial charge is 0.479 e. The Balaban J connectivity index is 1.57. The van der Waals surface area contributed by atoms with E-state index in [0.29, 0.717) is 33.4 Å². The molecule has 158 valence electrons. The van der Waals surface area contributed by atoms with Gasteiger partial charge >= 0.3 is 6.03 Å². The van der Waals surface area contributed by atoms with Crippen LogP contribution < -0.4 is 20.3 Å². The number of urea groups is 1. The van der Waals surface area contributed by atoms with Crippen LogP contribution in [0.25, 0.3) is 0 Å². The number of anilines is 3. The minimum Gasteiger partial charge on any atom is -0.479 e. The third-order valence-electron chi connectivity index (χ3n) is 4.81. The molecule has 1 aliphatic rings. The van der Waals surface area contributed by atoms with Crippen LogP contribution in [0.4, 0.5) is 26.2 Å². The molecular formula is C23H19ClFN3O3. The van der Waals surface area contributed by atoms with Gasteiger partial charge in [0.1, 0.15) is 11.6 Å². The van der Waals surface area contributed by atoms with Crippen molar-refractivity contribution >= 4 is 40.6 Å². The number of rotatable bonds is 4. The average molecular weight is 440 g/mol. The first kappa shape index (κ1) is 20.7. The van der Waals surface area contributed by atoms with E-state index in [2.05, 4.69) is 10.6 Å². The molecule has 1 atom stereocenters. The van der Waals surface area contributed by atoms with Crippen molar-refractivity contribution in [1.82, 2.24) is 0 Å². The van der Waals surface area contributed by atoms with Gasteiger partial charge in [-0.15, -0.1) is 0 Å². The molecule has 0 spiro atoms. The van der Waals surface area contributed by atoms with Crippen molar-refractivity contribution in [3.63, 3.8) is 0 Å². The summed E-state index contributed by atoms with van der Waals surface area (Å²) in [7, 11) is 0. The molecule has 1 unspecified atom stereocenters. The highest BCUT2D eigenvalue weighted by atomic mass is 35.5. The van der Waals surface area contributed by atoms with E-state index in [1.807, 2.05) is 0 Å². The van der Waals surface area contributed by atoms with Gasteiger partial charge in [-0.2, -0.15) is 0 Å². The van der Waals surface area contributed by atoms with Gasteiger partial charge in [-0.25, -0.2) is 9.18 Å². The van der Waals surface area contributed by atoms with E-state index in [9.17, 15) is 14.0 Å². The molecule has 0 bridgehead atoms. The van der Waals surface area contributed by atoms with Crippen LogP contribution in [0.2, 0.25) is 5.02 Å². The van der Waals surface area contributed by atoms with E-state index in [4.69, 9.17) is 16.3 Å². The molecule has 3 aromatic rings. The Morgan fingerprint density at radius 1 is 1.06 bits per heavy atom. The van der Waals surface area contributed by atoms with Crippen LogP contribution in [0.3, 0.4) is 0 Å². The van der Waals surface area contributed by atoms with Gasteiger partial charge < -0.3 is 20.3 Å². The van der Waals surface area contributed by atoms with Gasteiger partial charge in [-0.3, -0.25) is 4.79 Å². The molecule has 0 aromatic heterocycles. The van der Waals surface area contributed by atoms with E-state index in [1.165, 1.54) is 11.0 Å². The highest BCUT2D eigenvalue weighted by Gasteiger charge is 2.32. The standard InChI is InChI=1S/C23H19ClFN3O3/c1-14-22(29)28(13-15-4-2-3-5-19(15)25)20-12-18(10-11-21(20)31-14)27-23(30)26-17-8-6-16(24)7-9-17/h2-12,14H,13H2,1H3,(H2,26,27,30). The summed E-state index contributed by atoms with van der Waals surface area (Å²) in [4.78, 5) is 26.6. The number of hydrogen-bond acceptors (Lipinski definition) is 3. The average Bonchev–Trinajstić information content (AvgIpc) is 2.75. The Morgan fingerprint density at radius 2 is 1.74 bits per heavy atom. The van der Waals surface area contributed by atoms with Crippen molar-refractivity contribution in [2.45, 2.75) is 19.6 Å². The lowest BCUT2D eigenvalue weighted by Crippen LogP contribution is -2.44. The van der Waals surface area contributed by atoms with Gasteiger partial charge in [0.05, 0.1) is 12.2 Å². The molecule has 0 radical (unpaired) electrons. The monoisotopic (exact) mass is 439 g/mol. The van der Waals surface area contributed by atoms with Gasteiger partial charge in [0.2, 0.25) is 0 Å². The molecule has 0 fully saturated rings. The normalized spacial score (nSPS) is 15.1. The maximum atomic E-state index is 14.2. The number of carbonyl (C=O) groups excluding carboxylic acids is 2. The van der Waals surface area contributed by atoms with Gasteiger partial charge in [0.15, 0.2) is 6.10 Å². The van der Waals surface area contributed by atoms with E-state index >= 15 is 0 Å². The highest BCUT2D eigenvalue weighted by molar-refractivity contribution is 6.30. The molecule has 3 aromatic carbocycles. The summed E-state index contributed by atoms with van der Waals surface area (Å²) in [5.74, 6) is -0.210. The molecule has 1 aliphatic heterocycles. The fraction of sp³-hybridized carbons (Fsp3) is 0.130. The quantitative estimate of drug-likeness (QED) is 0.568. The Bertz CT molecular complexity index is 1140. The number of nitrogens with one attached hydrogen (secondary N) is 2. The predicted octanol–water partition coefficient (Wildman–Crippen LogP) is 5.44. The Hall–Kier alpha value is -3.58. The van der Waals surface area contributed by atoms with E-state index in [1.54, 1.807) is 67.6 Å². The third-order valence-corrected chi connectivity index (χ3v) is 5.07. The van der Waals surface area contributed by atoms with Gasteiger partial charge in [0, 0.05) is 22.0 Å². The van der Waals surface area contributed by atoms with E-state index in [-0.39, 0.29) is 12.5 Å². The summed E-state index contributed by atoms with van der Waals surface area (Å²) >= 11 is 5.85.